The summed E-state index contributed by atoms with van der Waals surface area (Å²) in [5.41, 5.74) is 7.90. The third kappa shape index (κ3) is 11.4. The highest BCUT2D eigenvalue weighted by Crippen LogP contribution is 2.31. The molecule has 3 rings (SSSR count). The molecule has 0 spiro atoms. The summed E-state index contributed by atoms with van der Waals surface area (Å²) in [4.78, 5) is 51.8. The van der Waals surface area contributed by atoms with Crippen LogP contribution < -0.4 is 46.9 Å². The maximum Gasteiger partial charge on any atom is 0.335 e. The fourth-order valence-electron chi connectivity index (χ4n) is 3.55. The second-order valence-electron chi connectivity index (χ2n) is 8.76. The smallest absolute Gasteiger partial charge is 0.335 e. The van der Waals surface area contributed by atoms with Crippen LogP contribution in [0.4, 0.5) is 4.79 Å². The first-order valence-electron chi connectivity index (χ1n) is 12.3. The lowest BCUT2D eigenvalue weighted by molar-refractivity contribution is -0.406. The van der Waals surface area contributed by atoms with E-state index < -0.39 is 36.2 Å². The van der Waals surface area contributed by atoms with Gasteiger partial charge in [0.15, 0.2) is 18.3 Å². The molecule has 226 valence electrons. The minimum atomic E-state index is -0.854. The van der Waals surface area contributed by atoms with Crippen molar-refractivity contribution in [3.63, 3.8) is 0 Å². The van der Waals surface area contributed by atoms with Crippen molar-refractivity contribution in [2.45, 2.75) is 37.3 Å². The Hall–Kier alpha value is -2.45. The maximum absolute atomic E-state index is 13.2. The van der Waals surface area contributed by atoms with Crippen molar-refractivity contribution < 1.29 is 60.2 Å². The number of hydrogen-bond donors (Lipinski definition) is 4. The number of urea groups is 1. The molecule has 0 aliphatic carbocycles. The number of halogens is 4. The normalized spacial score (nSPS) is 14.9. The molecule has 1 heterocycles. The van der Waals surface area contributed by atoms with Gasteiger partial charge in [-0.15, -0.1) is 0 Å². The van der Waals surface area contributed by atoms with Gasteiger partial charge in [0.05, 0.1) is 13.1 Å². The summed E-state index contributed by atoms with van der Waals surface area (Å²) < 4.78 is 6.72. The number of hydrogen-bond acceptors (Lipinski definition) is 6. The molecule has 2 aromatic rings. The SMILES string of the molecule is [Cl-].[Cl-].[NH3+]CCCC[C@H]([NH3+])C(=O)NCC(=O)OCN1C(=O)N(Cc2ccc(Cl)cc2)SC1NC(=O)c1ccc(Cl)cc1. The standard InChI is InChI=1S/C25H30Cl2N6O5S.2ClH/c26-18-8-4-16(5-9-18)14-33-25(37)32(24(39-33)31-22(35)17-6-10-19(27)11-7-17)15-38-21(34)13-30-23(36)20(29)3-1-2-12-28;;/h4-11,20,24H,1-3,12-15,28-29H2,(H,30,36)(H,31,35);2*1H/t20-,24?;;/m0../s1. The van der Waals surface area contributed by atoms with E-state index >= 15 is 0 Å². The Morgan fingerprint density at radius 3 is 2.22 bits per heavy atom. The minimum absolute atomic E-state index is 0. The second kappa shape index (κ2) is 18.2. The summed E-state index contributed by atoms with van der Waals surface area (Å²) in [5, 5.41) is 6.34. The molecule has 0 aromatic heterocycles. The fourth-order valence-corrected chi connectivity index (χ4v) is 4.88. The number of carbonyl (C=O) groups excluding carboxylic acids is 4. The van der Waals surface area contributed by atoms with Gasteiger partial charge < -0.3 is 51.7 Å². The lowest BCUT2D eigenvalue weighted by Crippen LogP contribution is -3.00. The van der Waals surface area contributed by atoms with Gasteiger partial charge in [0.1, 0.15) is 6.54 Å². The van der Waals surface area contributed by atoms with Gasteiger partial charge in [-0.05, 0) is 54.8 Å². The van der Waals surface area contributed by atoms with Crippen LogP contribution in [0.5, 0.6) is 0 Å². The molecule has 16 heteroatoms. The van der Waals surface area contributed by atoms with Crippen LogP contribution in [-0.2, 0) is 20.9 Å². The van der Waals surface area contributed by atoms with Crippen molar-refractivity contribution in [1.29, 1.82) is 0 Å². The van der Waals surface area contributed by atoms with Gasteiger partial charge in [0.2, 0.25) is 0 Å². The molecule has 1 aliphatic heterocycles. The van der Waals surface area contributed by atoms with E-state index in [9.17, 15) is 19.2 Å². The summed E-state index contributed by atoms with van der Waals surface area (Å²) in [7, 11) is 0. The number of unbranched alkanes of at least 4 members (excludes halogenated alkanes) is 1. The Morgan fingerprint density at radius 1 is 1.00 bits per heavy atom. The first-order valence-corrected chi connectivity index (χ1v) is 13.9. The van der Waals surface area contributed by atoms with Crippen molar-refractivity contribution in [2.24, 2.45) is 0 Å². The molecule has 0 bridgehead atoms. The summed E-state index contributed by atoms with van der Waals surface area (Å²) in [6, 6.07) is 12.4. The first-order chi connectivity index (χ1) is 18.7. The van der Waals surface area contributed by atoms with Crippen LogP contribution in [0.2, 0.25) is 10.0 Å². The van der Waals surface area contributed by atoms with Crippen molar-refractivity contribution in [1.82, 2.24) is 19.8 Å². The topological polar surface area (TPSA) is 163 Å². The van der Waals surface area contributed by atoms with Gasteiger partial charge >= 0.3 is 12.0 Å². The minimum Gasteiger partial charge on any atom is -1.00 e. The number of nitrogens with zero attached hydrogens (tertiary/aromatic N) is 2. The number of carbonyl (C=O) groups is 4. The van der Waals surface area contributed by atoms with E-state index in [0.717, 1.165) is 36.9 Å². The molecule has 41 heavy (non-hydrogen) atoms. The van der Waals surface area contributed by atoms with Gasteiger partial charge in [-0.25, -0.2) is 4.79 Å². The van der Waals surface area contributed by atoms with Crippen LogP contribution in [0.15, 0.2) is 48.5 Å². The number of esters is 1. The van der Waals surface area contributed by atoms with E-state index in [1.807, 2.05) is 0 Å². The van der Waals surface area contributed by atoms with Crippen molar-refractivity contribution >= 4 is 59.0 Å². The lowest BCUT2D eigenvalue weighted by atomic mass is 10.1. The molecule has 1 unspecified atom stereocenters. The quantitative estimate of drug-likeness (QED) is 0.0951. The summed E-state index contributed by atoms with van der Waals surface area (Å²) in [6.45, 7) is 0.214. The zero-order valence-corrected chi connectivity index (χ0v) is 25.8. The summed E-state index contributed by atoms with van der Waals surface area (Å²) in [5.74, 6) is -1.52. The van der Waals surface area contributed by atoms with E-state index in [1.54, 1.807) is 48.5 Å². The first kappa shape index (κ1) is 36.6. The zero-order valence-electron chi connectivity index (χ0n) is 22.0. The predicted octanol–water partition coefficient (Wildman–Crippen LogP) is -4.76. The van der Waals surface area contributed by atoms with Gasteiger partial charge in [-0.2, -0.15) is 0 Å². The van der Waals surface area contributed by atoms with Gasteiger partial charge in [-0.1, -0.05) is 35.3 Å². The number of benzene rings is 2. The van der Waals surface area contributed by atoms with Crippen LogP contribution in [-0.4, -0.2) is 64.4 Å². The summed E-state index contributed by atoms with van der Waals surface area (Å²) in [6.07, 6.45) is 2.31. The van der Waals surface area contributed by atoms with E-state index in [4.69, 9.17) is 27.9 Å². The molecular weight excluding hydrogens is 638 g/mol. The Labute approximate surface area is 264 Å². The monoisotopic (exact) mass is 668 g/mol. The molecule has 2 aromatic carbocycles. The zero-order chi connectivity index (χ0) is 28.4. The Kier molecular flexibility index (Phi) is 16.2. The van der Waals surface area contributed by atoms with Crippen LogP contribution >= 0.6 is 35.1 Å². The molecule has 1 saturated heterocycles. The van der Waals surface area contributed by atoms with Gasteiger partial charge in [0.25, 0.3) is 11.8 Å². The highest BCUT2D eigenvalue weighted by molar-refractivity contribution is 7.98. The number of nitrogens with one attached hydrogen (secondary N) is 2. The summed E-state index contributed by atoms with van der Waals surface area (Å²) >= 11 is 13.0. The highest BCUT2D eigenvalue weighted by atomic mass is 35.5. The average molecular weight is 670 g/mol. The van der Waals surface area contributed by atoms with Crippen LogP contribution in [0.25, 0.3) is 0 Å². The Morgan fingerprint density at radius 2 is 1.61 bits per heavy atom. The molecule has 4 amide bonds. The number of ether oxygens (including phenoxy) is 1. The molecule has 1 fully saturated rings. The van der Waals surface area contributed by atoms with Crippen molar-refractivity contribution in [3.05, 3.63) is 69.7 Å². The molecule has 0 radical (unpaired) electrons. The third-order valence-corrected chi connectivity index (χ3v) is 7.38. The highest BCUT2D eigenvalue weighted by Gasteiger charge is 2.40. The molecule has 8 N–H and O–H groups in total. The molecule has 1 aliphatic rings. The number of rotatable bonds is 13. The van der Waals surface area contributed by atoms with E-state index in [0.29, 0.717) is 22.0 Å². The van der Waals surface area contributed by atoms with E-state index in [2.05, 4.69) is 22.1 Å². The van der Waals surface area contributed by atoms with Gasteiger partial charge in [0, 0.05) is 34.0 Å². The second-order valence-corrected chi connectivity index (χ2v) is 10.7. The van der Waals surface area contributed by atoms with E-state index in [1.165, 1.54) is 9.21 Å². The number of amides is 4. The van der Waals surface area contributed by atoms with Crippen LogP contribution in [0.3, 0.4) is 0 Å². The van der Waals surface area contributed by atoms with Crippen LogP contribution in [0.1, 0.15) is 35.2 Å². The third-order valence-electron chi connectivity index (χ3n) is 5.76. The molecule has 2 atom stereocenters. The fraction of sp³-hybridized carbons (Fsp3) is 0.360. The van der Waals surface area contributed by atoms with Crippen molar-refractivity contribution in [3.8, 4) is 0 Å². The lowest BCUT2D eigenvalue weighted by Gasteiger charge is -2.22. The number of quaternary nitrogens is 2. The van der Waals surface area contributed by atoms with Crippen LogP contribution in [0, 0.1) is 0 Å². The molecule has 11 nitrogen and oxygen atoms in total. The Bertz CT molecular complexity index is 1160. The predicted molar refractivity (Wildman–Crippen MR) is 147 cm³/mol. The largest absolute Gasteiger partial charge is 1.00 e. The molecule has 0 saturated carbocycles. The average Bonchev–Trinajstić information content (AvgIpc) is 3.20. The Balaban J connectivity index is 0.00000420. The molecular formula is C25H32Cl4N6O5S. The van der Waals surface area contributed by atoms with E-state index in [-0.39, 0.29) is 43.8 Å². The van der Waals surface area contributed by atoms with Crippen molar-refractivity contribution in [2.75, 3.05) is 19.8 Å². The maximum atomic E-state index is 13.2. The van der Waals surface area contributed by atoms with Gasteiger partial charge in [-0.3, -0.25) is 23.6 Å².